The maximum Gasteiger partial charge on any atom is 0.224 e. The maximum atomic E-state index is 14.9. The van der Waals surface area contributed by atoms with E-state index in [4.69, 9.17) is 14.5 Å². The largest absolute Gasteiger partial charge is 0.381 e. The van der Waals surface area contributed by atoms with E-state index in [1.54, 1.807) is 4.90 Å². The number of nitrogens with zero attached hydrogens (tertiary/aromatic N) is 3. The molecule has 2 fully saturated rings. The van der Waals surface area contributed by atoms with Crippen molar-refractivity contribution in [2.45, 2.75) is 38.5 Å². The number of carbonyl (C=O) groups is 1. The molecule has 4 aromatic rings. The summed E-state index contributed by atoms with van der Waals surface area (Å²) in [4.78, 5) is 19.6. The highest BCUT2D eigenvalue weighted by molar-refractivity contribution is 5.78. The first-order valence-corrected chi connectivity index (χ1v) is 15.3. The van der Waals surface area contributed by atoms with Crippen LogP contribution in [0.5, 0.6) is 0 Å². The maximum absolute atomic E-state index is 14.9. The topological polar surface area (TPSA) is 68.6 Å². The molecule has 7 nitrogen and oxygen atoms in total. The Balaban J connectivity index is 1.21. The lowest BCUT2D eigenvalue weighted by Crippen LogP contribution is -2.37. The minimum absolute atomic E-state index is 0.0851. The van der Waals surface area contributed by atoms with E-state index in [-0.39, 0.29) is 36.1 Å². The molecule has 0 spiro atoms. The summed E-state index contributed by atoms with van der Waals surface area (Å²) in [6, 6.07) is 23.2. The van der Waals surface area contributed by atoms with Crippen LogP contribution in [0.4, 0.5) is 8.78 Å². The predicted octanol–water partition coefficient (Wildman–Crippen LogP) is 5.96. The molecule has 9 heteroatoms. The monoisotopic (exact) mass is 600 g/mol. The number of imidazole rings is 1. The van der Waals surface area contributed by atoms with Gasteiger partial charge in [0.15, 0.2) is 0 Å². The molecule has 2 aliphatic rings. The van der Waals surface area contributed by atoms with E-state index in [9.17, 15) is 13.6 Å². The van der Waals surface area contributed by atoms with Crippen molar-refractivity contribution in [2.75, 3.05) is 33.0 Å². The molecule has 1 amide bonds. The first kappa shape index (κ1) is 30.1. The lowest BCUT2D eigenvalue weighted by molar-refractivity contribution is -0.132. The number of benzene rings is 3. The van der Waals surface area contributed by atoms with Gasteiger partial charge in [-0.1, -0.05) is 60.7 Å². The average molecular weight is 601 g/mol. The van der Waals surface area contributed by atoms with Gasteiger partial charge in [-0.05, 0) is 54.0 Å². The van der Waals surface area contributed by atoms with E-state index < -0.39 is 11.6 Å². The van der Waals surface area contributed by atoms with Crippen LogP contribution in [-0.4, -0.2) is 53.4 Å². The molecule has 3 heterocycles. The smallest absolute Gasteiger partial charge is 0.224 e. The van der Waals surface area contributed by atoms with Crippen LogP contribution in [0.15, 0.2) is 85.1 Å². The Morgan fingerprint density at radius 2 is 1.70 bits per heavy atom. The molecule has 1 N–H and O–H groups in total. The zero-order valence-corrected chi connectivity index (χ0v) is 24.7. The van der Waals surface area contributed by atoms with Gasteiger partial charge in [0.1, 0.15) is 24.2 Å². The molecule has 2 aliphatic heterocycles. The fraction of sp³-hybridized carbons (Fsp3) is 0.371. The van der Waals surface area contributed by atoms with Gasteiger partial charge >= 0.3 is 0 Å². The van der Waals surface area contributed by atoms with Crippen LogP contribution in [0.25, 0.3) is 11.3 Å². The van der Waals surface area contributed by atoms with Crippen LogP contribution in [0.2, 0.25) is 0 Å². The summed E-state index contributed by atoms with van der Waals surface area (Å²) in [5.74, 6) is 0.171. The standard InChI is InChI=1S/C35H38F2N4O3/c36-29-11-12-31(37)30(18-29)32-22-40(20-25-7-3-1-4-8-25)35(39-32)34(28-13-15-43-16-14-28)38-19-27-17-33(42)41(21-27)24-44-23-26-9-5-2-6-10-26/h1-12,18,22,27-28,34,38H,13-17,19-21,23-24H2. The Hall–Kier alpha value is -3.92. The number of likely N-dealkylation sites (tertiary alicyclic amines) is 1. The summed E-state index contributed by atoms with van der Waals surface area (Å²) in [5, 5.41) is 3.76. The third-order valence-electron chi connectivity index (χ3n) is 8.50. The summed E-state index contributed by atoms with van der Waals surface area (Å²) >= 11 is 0. The Morgan fingerprint density at radius 1 is 0.977 bits per heavy atom. The molecular weight excluding hydrogens is 562 g/mol. The van der Waals surface area contributed by atoms with E-state index in [1.807, 2.05) is 71.4 Å². The quantitative estimate of drug-likeness (QED) is 0.218. The summed E-state index contributed by atoms with van der Waals surface area (Å²) < 4.78 is 42.7. The van der Waals surface area contributed by atoms with Gasteiger partial charge in [-0.15, -0.1) is 0 Å². The van der Waals surface area contributed by atoms with Gasteiger partial charge in [-0.3, -0.25) is 4.79 Å². The van der Waals surface area contributed by atoms with Crippen molar-refractivity contribution >= 4 is 5.91 Å². The van der Waals surface area contributed by atoms with Gasteiger partial charge in [0.25, 0.3) is 0 Å². The highest BCUT2D eigenvalue weighted by Crippen LogP contribution is 2.33. The molecule has 0 saturated carbocycles. The Kier molecular flexibility index (Phi) is 9.75. The summed E-state index contributed by atoms with van der Waals surface area (Å²) in [6.45, 7) is 3.79. The number of halogens is 2. The molecule has 3 aromatic carbocycles. The molecule has 0 aliphatic carbocycles. The van der Waals surface area contributed by atoms with E-state index >= 15 is 0 Å². The molecule has 2 unspecified atom stereocenters. The van der Waals surface area contributed by atoms with Crippen molar-refractivity contribution in [3.8, 4) is 11.3 Å². The highest BCUT2D eigenvalue weighted by Gasteiger charge is 2.34. The predicted molar refractivity (Wildman–Crippen MR) is 163 cm³/mol. The van der Waals surface area contributed by atoms with E-state index in [1.165, 1.54) is 6.07 Å². The molecule has 44 heavy (non-hydrogen) atoms. The molecule has 2 atom stereocenters. The zero-order valence-electron chi connectivity index (χ0n) is 24.7. The number of nitrogens with one attached hydrogen (secondary N) is 1. The summed E-state index contributed by atoms with van der Waals surface area (Å²) in [5.41, 5.74) is 2.68. The first-order chi connectivity index (χ1) is 21.5. The van der Waals surface area contributed by atoms with Gasteiger partial charge in [-0.25, -0.2) is 13.8 Å². The second kappa shape index (κ2) is 14.2. The van der Waals surface area contributed by atoms with Crippen molar-refractivity contribution in [2.24, 2.45) is 11.8 Å². The Morgan fingerprint density at radius 3 is 2.45 bits per heavy atom. The Labute approximate surface area is 256 Å². The molecular formula is C35H38F2N4O3. The Bertz CT molecular complexity index is 1530. The fourth-order valence-electron chi connectivity index (χ4n) is 6.18. The average Bonchev–Trinajstić information content (AvgIpc) is 3.62. The molecule has 2 saturated heterocycles. The minimum Gasteiger partial charge on any atom is -0.381 e. The SMILES string of the molecule is O=C1CC(CNC(c2nc(-c3cc(F)ccc3F)cn2Cc2ccccc2)C2CCOCC2)CN1COCc1ccccc1. The van der Waals surface area contributed by atoms with Gasteiger partial charge in [0.2, 0.25) is 5.91 Å². The molecule has 6 rings (SSSR count). The van der Waals surface area contributed by atoms with Crippen LogP contribution in [0, 0.1) is 23.5 Å². The number of rotatable bonds is 12. The van der Waals surface area contributed by atoms with E-state index in [0.717, 1.165) is 41.9 Å². The molecule has 0 bridgehead atoms. The second-order valence-electron chi connectivity index (χ2n) is 11.7. The van der Waals surface area contributed by atoms with Crippen molar-refractivity contribution in [3.05, 3.63) is 114 Å². The van der Waals surface area contributed by atoms with E-state index in [0.29, 0.717) is 51.6 Å². The van der Waals surface area contributed by atoms with Crippen molar-refractivity contribution < 1.29 is 23.0 Å². The van der Waals surface area contributed by atoms with Crippen LogP contribution in [-0.2, 0) is 27.4 Å². The number of carbonyl (C=O) groups excluding carboxylic acids is 1. The van der Waals surface area contributed by atoms with Crippen molar-refractivity contribution in [3.63, 3.8) is 0 Å². The molecule has 0 radical (unpaired) electrons. The van der Waals surface area contributed by atoms with Crippen molar-refractivity contribution in [1.82, 2.24) is 19.8 Å². The van der Waals surface area contributed by atoms with Gasteiger partial charge in [-0.2, -0.15) is 0 Å². The summed E-state index contributed by atoms with van der Waals surface area (Å²) in [7, 11) is 0. The zero-order chi connectivity index (χ0) is 30.3. The fourth-order valence-corrected chi connectivity index (χ4v) is 6.18. The third kappa shape index (κ3) is 7.41. The lowest BCUT2D eigenvalue weighted by Gasteiger charge is -2.32. The first-order valence-electron chi connectivity index (χ1n) is 15.3. The second-order valence-corrected chi connectivity index (χ2v) is 11.7. The number of hydrogen-bond donors (Lipinski definition) is 1. The third-order valence-corrected chi connectivity index (χ3v) is 8.50. The normalized spacial score (nSPS) is 18.2. The lowest BCUT2D eigenvalue weighted by atomic mass is 9.90. The molecule has 230 valence electrons. The molecule has 1 aromatic heterocycles. The van der Waals surface area contributed by atoms with Crippen LogP contribution in [0.1, 0.15) is 42.3 Å². The minimum atomic E-state index is -0.517. The highest BCUT2D eigenvalue weighted by atomic mass is 19.1. The van der Waals surface area contributed by atoms with Crippen LogP contribution < -0.4 is 5.32 Å². The van der Waals surface area contributed by atoms with Crippen molar-refractivity contribution in [1.29, 1.82) is 0 Å². The number of amides is 1. The van der Waals surface area contributed by atoms with Crippen LogP contribution in [0.3, 0.4) is 0 Å². The van der Waals surface area contributed by atoms with E-state index in [2.05, 4.69) is 5.32 Å². The van der Waals surface area contributed by atoms with Gasteiger partial charge < -0.3 is 24.3 Å². The van der Waals surface area contributed by atoms with Gasteiger partial charge in [0.05, 0.1) is 18.3 Å². The van der Waals surface area contributed by atoms with Crippen LogP contribution >= 0.6 is 0 Å². The number of ether oxygens (including phenoxy) is 2. The summed E-state index contributed by atoms with van der Waals surface area (Å²) in [6.07, 6.45) is 3.96. The number of hydrogen-bond acceptors (Lipinski definition) is 5. The number of aromatic nitrogens is 2. The van der Waals surface area contributed by atoms with Gasteiger partial charge in [0, 0.05) is 51.0 Å².